The number of fused-ring (bicyclic) bond motifs is 1. The average molecular weight is 221 g/mol. The van der Waals surface area contributed by atoms with E-state index in [0.717, 1.165) is 50.1 Å². The molecule has 0 bridgehead atoms. The first-order valence-corrected chi connectivity index (χ1v) is 5.96. The zero-order valence-electron chi connectivity index (χ0n) is 9.26. The lowest BCUT2D eigenvalue weighted by Gasteiger charge is -2.41. The maximum Gasteiger partial charge on any atom is 0.130 e. The lowest BCUT2D eigenvalue weighted by molar-refractivity contribution is 0.0161. The van der Waals surface area contributed by atoms with E-state index in [1.54, 1.807) is 6.07 Å². The fourth-order valence-electron chi connectivity index (χ4n) is 2.75. The number of halogens is 1. The molecule has 16 heavy (non-hydrogen) atoms. The van der Waals surface area contributed by atoms with Gasteiger partial charge in [0.15, 0.2) is 0 Å². The second kappa shape index (κ2) is 3.74. The SMILES string of the molecule is Fc1cccc2c1CCC1(CCNCC1)O2. The molecule has 0 aromatic heterocycles. The Hall–Kier alpha value is -1.09. The normalized spacial score (nSPS) is 22.6. The summed E-state index contributed by atoms with van der Waals surface area (Å²) in [5, 5.41) is 3.34. The van der Waals surface area contributed by atoms with Gasteiger partial charge in [-0.25, -0.2) is 4.39 Å². The van der Waals surface area contributed by atoms with Crippen molar-refractivity contribution in [3.63, 3.8) is 0 Å². The highest BCUT2D eigenvalue weighted by Crippen LogP contribution is 2.38. The van der Waals surface area contributed by atoms with Crippen LogP contribution in [0.15, 0.2) is 18.2 Å². The quantitative estimate of drug-likeness (QED) is 0.725. The first kappa shape index (κ1) is 10.1. The molecule has 0 radical (unpaired) electrons. The molecule has 3 rings (SSSR count). The van der Waals surface area contributed by atoms with Gasteiger partial charge >= 0.3 is 0 Å². The van der Waals surface area contributed by atoms with Crippen LogP contribution in [0, 0.1) is 5.82 Å². The summed E-state index contributed by atoms with van der Waals surface area (Å²) in [6.45, 7) is 2.01. The van der Waals surface area contributed by atoms with Crippen molar-refractivity contribution in [3.8, 4) is 5.75 Å². The minimum absolute atomic E-state index is 0.0357. The summed E-state index contributed by atoms with van der Waals surface area (Å²) in [5.41, 5.74) is 0.720. The van der Waals surface area contributed by atoms with Gasteiger partial charge in [0.05, 0.1) is 0 Å². The molecule has 0 aliphatic carbocycles. The van der Waals surface area contributed by atoms with E-state index in [-0.39, 0.29) is 11.4 Å². The van der Waals surface area contributed by atoms with Crippen LogP contribution in [0.3, 0.4) is 0 Å². The third kappa shape index (κ3) is 1.59. The largest absolute Gasteiger partial charge is 0.487 e. The summed E-state index contributed by atoms with van der Waals surface area (Å²) in [6.07, 6.45) is 3.82. The summed E-state index contributed by atoms with van der Waals surface area (Å²) in [7, 11) is 0. The number of hydrogen-bond acceptors (Lipinski definition) is 2. The summed E-state index contributed by atoms with van der Waals surface area (Å²) in [4.78, 5) is 0. The van der Waals surface area contributed by atoms with Gasteiger partial charge in [0.2, 0.25) is 0 Å². The molecule has 0 saturated carbocycles. The molecule has 2 aliphatic rings. The molecular weight excluding hydrogens is 205 g/mol. The average Bonchev–Trinajstić information content (AvgIpc) is 2.30. The third-order valence-electron chi connectivity index (χ3n) is 3.75. The molecule has 0 atom stereocenters. The van der Waals surface area contributed by atoms with Gasteiger partial charge in [-0.05, 0) is 50.9 Å². The van der Waals surface area contributed by atoms with Crippen LogP contribution in [0.2, 0.25) is 0 Å². The number of hydrogen-bond donors (Lipinski definition) is 1. The van der Waals surface area contributed by atoms with Crippen LogP contribution in [0.5, 0.6) is 5.75 Å². The third-order valence-corrected chi connectivity index (χ3v) is 3.75. The fraction of sp³-hybridized carbons (Fsp3) is 0.538. The predicted molar refractivity (Wildman–Crippen MR) is 60.2 cm³/mol. The topological polar surface area (TPSA) is 21.3 Å². The number of piperidine rings is 1. The highest BCUT2D eigenvalue weighted by molar-refractivity contribution is 5.37. The van der Waals surface area contributed by atoms with Gasteiger partial charge in [-0.15, -0.1) is 0 Å². The van der Waals surface area contributed by atoms with Crippen molar-refractivity contribution in [2.24, 2.45) is 0 Å². The molecule has 2 aliphatic heterocycles. The van der Waals surface area contributed by atoms with Crippen molar-refractivity contribution in [3.05, 3.63) is 29.6 Å². The molecule has 1 fully saturated rings. The van der Waals surface area contributed by atoms with E-state index in [4.69, 9.17) is 4.74 Å². The van der Waals surface area contributed by atoms with Gasteiger partial charge in [-0.3, -0.25) is 0 Å². The smallest absolute Gasteiger partial charge is 0.130 e. The zero-order chi connectivity index (χ0) is 11.0. The lowest BCUT2D eigenvalue weighted by atomic mass is 9.83. The first-order valence-electron chi connectivity index (χ1n) is 5.96. The molecule has 0 amide bonds. The van der Waals surface area contributed by atoms with Crippen LogP contribution < -0.4 is 10.1 Å². The van der Waals surface area contributed by atoms with E-state index in [1.165, 1.54) is 6.07 Å². The van der Waals surface area contributed by atoms with Crippen molar-refractivity contribution >= 4 is 0 Å². The minimum atomic E-state index is -0.124. The van der Waals surface area contributed by atoms with Gasteiger partial charge in [-0.1, -0.05) is 6.07 Å². The van der Waals surface area contributed by atoms with Crippen LogP contribution in [0.1, 0.15) is 24.8 Å². The van der Waals surface area contributed by atoms with Crippen LogP contribution in [0.25, 0.3) is 0 Å². The Bertz CT molecular complexity index is 399. The van der Waals surface area contributed by atoms with Crippen molar-refractivity contribution in [1.82, 2.24) is 5.32 Å². The second-order valence-electron chi connectivity index (χ2n) is 4.75. The molecule has 1 spiro atoms. The standard InChI is InChI=1S/C13H16FNO/c14-11-2-1-3-12-10(11)4-5-13(16-12)6-8-15-9-7-13/h1-3,15H,4-9H2. The van der Waals surface area contributed by atoms with Crippen molar-refractivity contribution < 1.29 is 9.13 Å². The first-order chi connectivity index (χ1) is 7.79. The summed E-state index contributed by atoms with van der Waals surface area (Å²) in [6, 6.07) is 5.14. The van der Waals surface area contributed by atoms with E-state index in [2.05, 4.69) is 5.32 Å². The lowest BCUT2D eigenvalue weighted by Crippen LogP contribution is -2.48. The summed E-state index contributed by atoms with van der Waals surface area (Å²) in [5.74, 6) is 0.634. The molecule has 2 heterocycles. The molecule has 3 heteroatoms. The van der Waals surface area contributed by atoms with Crippen molar-refractivity contribution in [2.75, 3.05) is 13.1 Å². The number of ether oxygens (including phenoxy) is 1. The Morgan fingerprint density at radius 3 is 2.81 bits per heavy atom. The number of rotatable bonds is 0. The Labute approximate surface area is 94.8 Å². The van der Waals surface area contributed by atoms with Gasteiger partial charge in [0.25, 0.3) is 0 Å². The van der Waals surface area contributed by atoms with Crippen LogP contribution in [-0.4, -0.2) is 18.7 Å². The Balaban J connectivity index is 1.91. The maximum absolute atomic E-state index is 13.5. The van der Waals surface area contributed by atoms with E-state index >= 15 is 0 Å². The predicted octanol–water partition coefficient (Wildman–Crippen LogP) is 2.27. The highest BCUT2D eigenvalue weighted by Gasteiger charge is 2.37. The fourth-order valence-corrected chi connectivity index (χ4v) is 2.75. The van der Waals surface area contributed by atoms with E-state index in [1.807, 2.05) is 6.07 Å². The van der Waals surface area contributed by atoms with Crippen molar-refractivity contribution in [2.45, 2.75) is 31.3 Å². The van der Waals surface area contributed by atoms with Crippen LogP contribution in [0.4, 0.5) is 4.39 Å². The second-order valence-corrected chi connectivity index (χ2v) is 4.75. The molecule has 1 aromatic carbocycles. The molecule has 2 nitrogen and oxygen atoms in total. The number of benzene rings is 1. The van der Waals surface area contributed by atoms with Gasteiger partial charge in [-0.2, -0.15) is 0 Å². The van der Waals surface area contributed by atoms with E-state index < -0.39 is 0 Å². The minimum Gasteiger partial charge on any atom is -0.487 e. The summed E-state index contributed by atoms with van der Waals surface area (Å²) >= 11 is 0. The molecule has 0 unspecified atom stereocenters. The zero-order valence-corrected chi connectivity index (χ0v) is 9.26. The summed E-state index contributed by atoms with van der Waals surface area (Å²) < 4.78 is 19.6. The molecule has 1 saturated heterocycles. The highest BCUT2D eigenvalue weighted by atomic mass is 19.1. The maximum atomic E-state index is 13.5. The molecule has 1 aromatic rings. The van der Waals surface area contributed by atoms with Gasteiger partial charge in [0.1, 0.15) is 17.2 Å². The van der Waals surface area contributed by atoms with Gasteiger partial charge < -0.3 is 10.1 Å². The van der Waals surface area contributed by atoms with Gasteiger partial charge in [0, 0.05) is 5.56 Å². The Morgan fingerprint density at radius 2 is 2.00 bits per heavy atom. The van der Waals surface area contributed by atoms with E-state index in [0.29, 0.717) is 0 Å². The Morgan fingerprint density at radius 1 is 1.19 bits per heavy atom. The molecule has 1 N–H and O–H groups in total. The Kier molecular flexibility index (Phi) is 2.36. The van der Waals surface area contributed by atoms with E-state index in [9.17, 15) is 4.39 Å². The number of nitrogens with one attached hydrogen (secondary N) is 1. The monoisotopic (exact) mass is 221 g/mol. The molecular formula is C13H16FNO. The van der Waals surface area contributed by atoms with Crippen molar-refractivity contribution in [1.29, 1.82) is 0 Å². The van der Waals surface area contributed by atoms with Crippen LogP contribution >= 0.6 is 0 Å². The van der Waals surface area contributed by atoms with Crippen LogP contribution in [-0.2, 0) is 6.42 Å². The molecule has 86 valence electrons.